The molecular weight excluding hydrogens is 164 g/mol. The van der Waals surface area contributed by atoms with Crippen LogP contribution in [0.25, 0.3) is 0 Å². The smallest absolute Gasteiger partial charge is 0.0729 e. The van der Waals surface area contributed by atoms with Crippen molar-refractivity contribution in [2.45, 2.75) is 51.0 Å². The van der Waals surface area contributed by atoms with Gasteiger partial charge in [-0.15, -0.1) is 0 Å². The minimum Gasteiger partial charge on any atom is -0.396 e. The van der Waals surface area contributed by atoms with Gasteiger partial charge in [0.15, 0.2) is 0 Å². The Labute approximate surface area is 80.0 Å². The van der Waals surface area contributed by atoms with Crippen LogP contribution in [0.3, 0.4) is 0 Å². The van der Waals surface area contributed by atoms with E-state index in [1.54, 1.807) is 0 Å². The number of aliphatic hydroxyl groups is 2. The van der Waals surface area contributed by atoms with Crippen molar-refractivity contribution in [1.82, 2.24) is 0 Å². The summed E-state index contributed by atoms with van der Waals surface area (Å²) in [7, 11) is 0. The first-order valence-corrected chi connectivity index (χ1v) is 5.48. The Balaban J connectivity index is 2.25. The van der Waals surface area contributed by atoms with Crippen molar-refractivity contribution < 1.29 is 10.2 Å². The summed E-state index contributed by atoms with van der Waals surface area (Å²) in [4.78, 5) is 0. The minimum absolute atomic E-state index is 0.0706. The van der Waals surface area contributed by atoms with Crippen LogP contribution in [-0.4, -0.2) is 22.4 Å². The molecular formula is C11H20O2. The highest BCUT2D eigenvalue weighted by molar-refractivity contribution is 5.10. The van der Waals surface area contributed by atoms with Crippen LogP contribution in [0.4, 0.5) is 0 Å². The quantitative estimate of drug-likeness (QED) is 0.685. The topological polar surface area (TPSA) is 40.5 Å². The van der Waals surface area contributed by atoms with Crippen LogP contribution in [-0.2, 0) is 0 Å². The summed E-state index contributed by atoms with van der Waals surface area (Å²) in [6.45, 7) is 2.39. The largest absolute Gasteiger partial charge is 0.396 e. The van der Waals surface area contributed by atoms with Crippen LogP contribution in [0.1, 0.15) is 45.4 Å². The van der Waals surface area contributed by atoms with Gasteiger partial charge >= 0.3 is 0 Å². The molecule has 0 aromatic rings. The van der Waals surface area contributed by atoms with Gasteiger partial charge in [0.05, 0.1) is 5.60 Å². The third-order valence-electron chi connectivity index (χ3n) is 4.59. The lowest BCUT2D eigenvalue weighted by atomic mass is 9.72. The maximum absolute atomic E-state index is 10.6. The molecule has 13 heavy (non-hydrogen) atoms. The summed E-state index contributed by atoms with van der Waals surface area (Å²) in [5, 5.41) is 19.6. The first-order chi connectivity index (χ1) is 6.15. The van der Waals surface area contributed by atoms with Crippen molar-refractivity contribution in [3.8, 4) is 0 Å². The van der Waals surface area contributed by atoms with E-state index < -0.39 is 5.60 Å². The Morgan fingerprint density at radius 3 is 2.77 bits per heavy atom. The summed E-state index contributed by atoms with van der Waals surface area (Å²) in [5.41, 5.74) is -0.378. The van der Waals surface area contributed by atoms with Gasteiger partial charge in [0.1, 0.15) is 0 Å². The maximum Gasteiger partial charge on any atom is 0.0729 e. The molecule has 2 heteroatoms. The van der Waals surface area contributed by atoms with Gasteiger partial charge in [-0.05, 0) is 44.4 Å². The van der Waals surface area contributed by atoms with Crippen molar-refractivity contribution in [3.05, 3.63) is 0 Å². The summed E-state index contributed by atoms with van der Waals surface area (Å²) in [6, 6.07) is 0. The fourth-order valence-electron chi connectivity index (χ4n) is 3.70. The van der Waals surface area contributed by atoms with Crippen LogP contribution < -0.4 is 0 Å². The third kappa shape index (κ3) is 1.08. The molecule has 0 spiro atoms. The Morgan fingerprint density at radius 1 is 1.31 bits per heavy atom. The average molecular weight is 184 g/mol. The molecule has 2 N–H and O–H groups in total. The van der Waals surface area contributed by atoms with Crippen LogP contribution in [0.15, 0.2) is 0 Å². The predicted octanol–water partition coefficient (Wildman–Crippen LogP) is 1.70. The normalized spacial score (nSPS) is 49.6. The molecule has 3 atom stereocenters. The zero-order valence-corrected chi connectivity index (χ0v) is 8.42. The molecule has 0 heterocycles. The van der Waals surface area contributed by atoms with Gasteiger partial charge in [-0.1, -0.05) is 6.92 Å². The zero-order chi connectivity index (χ0) is 9.53. The van der Waals surface area contributed by atoms with Crippen molar-refractivity contribution in [2.75, 3.05) is 6.61 Å². The molecule has 0 aliphatic heterocycles. The molecule has 2 saturated carbocycles. The Hall–Kier alpha value is -0.0800. The van der Waals surface area contributed by atoms with E-state index in [-0.39, 0.29) is 12.0 Å². The number of aliphatic hydroxyl groups excluding tert-OH is 1. The minimum atomic E-state index is -0.449. The molecule has 2 fully saturated rings. The van der Waals surface area contributed by atoms with Crippen LogP contribution in [0, 0.1) is 11.3 Å². The summed E-state index contributed by atoms with van der Waals surface area (Å²) in [6.07, 6.45) is 6.26. The molecule has 0 unspecified atom stereocenters. The fourth-order valence-corrected chi connectivity index (χ4v) is 3.70. The van der Waals surface area contributed by atoms with Gasteiger partial charge in [0.25, 0.3) is 0 Å². The van der Waals surface area contributed by atoms with Gasteiger partial charge < -0.3 is 10.2 Å². The molecule has 76 valence electrons. The highest BCUT2D eigenvalue weighted by Crippen LogP contribution is 2.61. The van der Waals surface area contributed by atoms with E-state index in [2.05, 4.69) is 6.92 Å². The molecule has 0 saturated heterocycles. The monoisotopic (exact) mass is 184 g/mol. The van der Waals surface area contributed by atoms with Crippen molar-refractivity contribution in [2.24, 2.45) is 11.3 Å². The van der Waals surface area contributed by atoms with E-state index >= 15 is 0 Å². The highest BCUT2D eigenvalue weighted by atomic mass is 16.3. The first-order valence-electron chi connectivity index (χ1n) is 5.48. The Morgan fingerprint density at radius 2 is 2.08 bits per heavy atom. The van der Waals surface area contributed by atoms with Gasteiger partial charge in [0.2, 0.25) is 0 Å². The average Bonchev–Trinajstić information content (AvgIpc) is 2.51. The molecule has 0 aromatic carbocycles. The molecule has 2 rings (SSSR count). The second kappa shape index (κ2) is 2.96. The van der Waals surface area contributed by atoms with E-state index in [4.69, 9.17) is 5.11 Å². The van der Waals surface area contributed by atoms with Crippen molar-refractivity contribution in [3.63, 3.8) is 0 Å². The Bertz CT molecular complexity index is 200. The lowest BCUT2D eigenvalue weighted by Crippen LogP contribution is -2.43. The van der Waals surface area contributed by atoms with Crippen LogP contribution >= 0.6 is 0 Å². The van der Waals surface area contributed by atoms with Crippen LogP contribution in [0.5, 0.6) is 0 Å². The maximum atomic E-state index is 10.6. The molecule has 2 aliphatic rings. The summed E-state index contributed by atoms with van der Waals surface area (Å²) in [5.74, 6) is 0.432. The molecule has 2 nitrogen and oxygen atoms in total. The van der Waals surface area contributed by atoms with Crippen LogP contribution in [0.2, 0.25) is 0 Å². The lowest BCUT2D eigenvalue weighted by molar-refractivity contribution is -0.0734. The number of hydrogen-bond donors (Lipinski definition) is 2. The highest BCUT2D eigenvalue weighted by Gasteiger charge is 2.59. The number of rotatable bonds is 2. The SMILES string of the molecule is C[C@@H]1CC[C@]2(CCO)CCC[C@]12O. The zero-order valence-electron chi connectivity index (χ0n) is 8.42. The van der Waals surface area contributed by atoms with Gasteiger partial charge in [-0.2, -0.15) is 0 Å². The molecule has 0 bridgehead atoms. The van der Waals surface area contributed by atoms with Gasteiger partial charge in [0, 0.05) is 12.0 Å². The number of hydrogen-bond acceptors (Lipinski definition) is 2. The van der Waals surface area contributed by atoms with E-state index in [0.29, 0.717) is 5.92 Å². The van der Waals surface area contributed by atoms with Gasteiger partial charge in [-0.3, -0.25) is 0 Å². The molecule has 0 aromatic heterocycles. The second-order valence-corrected chi connectivity index (χ2v) is 4.97. The fraction of sp³-hybridized carbons (Fsp3) is 1.00. The first kappa shape index (κ1) is 9.47. The molecule has 0 radical (unpaired) electrons. The molecule has 0 amide bonds. The van der Waals surface area contributed by atoms with E-state index in [1.807, 2.05) is 0 Å². The van der Waals surface area contributed by atoms with Crippen molar-refractivity contribution in [1.29, 1.82) is 0 Å². The number of fused-ring (bicyclic) bond motifs is 1. The van der Waals surface area contributed by atoms with Crippen molar-refractivity contribution >= 4 is 0 Å². The third-order valence-corrected chi connectivity index (χ3v) is 4.59. The summed E-state index contributed by atoms with van der Waals surface area (Å²) < 4.78 is 0. The lowest BCUT2D eigenvalue weighted by Gasteiger charge is -2.38. The van der Waals surface area contributed by atoms with E-state index in [1.165, 1.54) is 0 Å². The Kier molecular flexibility index (Phi) is 2.16. The van der Waals surface area contributed by atoms with E-state index in [9.17, 15) is 5.11 Å². The van der Waals surface area contributed by atoms with Gasteiger partial charge in [-0.25, -0.2) is 0 Å². The molecule has 2 aliphatic carbocycles. The second-order valence-electron chi connectivity index (χ2n) is 4.97. The standard InChI is InChI=1S/C11H20O2/c1-9-3-6-10(7-8-12)4-2-5-11(9,10)13/h9,12-13H,2-8H2,1H3/t9-,10+,11+/m1/s1. The predicted molar refractivity (Wildman–Crippen MR) is 51.3 cm³/mol. The summed E-state index contributed by atoms with van der Waals surface area (Å²) >= 11 is 0. The van der Waals surface area contributed by atoms with E-state index in [0.717, 1.165) is 38.5 Å².